The molecule has 1 aliphatic heterocycles. The quantitative estimate of drug-likeness (QED) is 0.645. The monoisotopic (exact) mass is 316 g/mol. The van der Waals surface area contributed by atoms with Crippen LogP contribution in [0.25, 0.3) is 0 Å². The van der Waals surface area contributed by atoms with E-state index in [4.69, 9.17) is 4.65 Å². The largest absolute Gasteiger partial charge is 0.428 e. The average Bonchev–Trinajstić information content (AvgIpc) is 3.16. The van der Waals surface area contributed by atoms with Gasteiger partial charge in [0.25, 0.3) is 0 Å². The molecule has 3 rings (SSSR count). The molecule has 0 atom stereocenters. The first-order chi connectivity index (χ1) is 10.3. The lowest BCUT2D eigenvalue weighted by Gasteiger charge is -2.38. The Morgan fingerprint density at radius 3 is 2.64 bits per heavy atom. The van der Waals surface area contributed by atoms with Gasteiger partial charge >= 0.3 is 7.48 Å². The van der Waals surface area contributed by atoms with Crippen LogP contribution in [0.1, 0.15) is 51.7 Å². The lowest BCUT2D eigenvalue weighted by Crippen LogP contribution is -2.45. The Hall–Kier alpha value is -0.935. The van der Waals surface area contributed by atoms with Crippen molar-refractivity contribution in [1.82, 2.24) is 5.32 Å². The lowest BCUT2D eigenvalue weighted by molar-refractivity contribution is 0.0854. The molecule has 1 aromatic rings. The van der Waals surface area contributed by atoms with Crippen LogP contribution >= 0.6 is 12.6 Å². The minimum absolute atomic E-state index is 0.191. The number of nitrogens with one attached hydrogen (secondary N) is 1. The molecule has 0 saturated heterocycles. The Bertz CT molecular complexity index is 603. The first-order valence-electron chi connectivity index (χ1n) is 8.06. The first-order valence-corrected chi connectivity index (χ1v) is 8.50. The number of hydrogen-bond acceptors (Lipinski definition) is 4. The zero-order chi connectivity index (χ0) is 16.0. The highest BCUT2D eigenvalue weighted by Gasteiger charge is 2.34. The third-order valence-corrected chi connectivity index (χ3v) is 5.37. The zero-order valence-corrected chi connectivity index (χ0v) is 14.8. The topological polar surface area (TPSA) is 33.6 Å². The van der Waals surface area contributed by atoms with E-state index in [9.17, 15) is 0 Å². The SMILES string of the molecule is CC(C)(S)C(C)(C)OBc1ccc2c(c1)C(NC1CC1)=NC2. The number of thiol groups is 1. The summed E-state index contributed by atoms with van der Waals surface area (Å²) in [6.45, 7) is 9.15. The second-order valence-corrected chi connectivity index (χ2v) is 8.55. The van der Waals surface area contributed by atoms with Gasteiger partial charge in [-0.1, -0.05) is 23.7 Å². The van der Waals surface area contributed by atoms with Crippen LogP contribution in [0, 0.1) is 0 Å². The van der Waals surface area contributed by atoms with Gasteiger partial charge in [0.05, 0.1) is 12.1 Å². The van der Waals surface area contributed by atoms with E-state index in [0.717, 1.165) is 12.4 Å². The van der Waals surface area contributed by atoms with Crippen LogP contribution in [-0.4, -0.2) is 29.7 Å². The van der Waals surface area contributed by atoms with Crippen molar-refractivity contribution in [1.29, 1.82) is 0 Å². The summed E-state index contributed by atoms with van der Waals surface area (Å²) in [6.07, 6.45) is 2.53. The van der Waals surface area contributed by atoms with Crippen molar-refractivity contribution in [2.24, 2.45) is 4.99 Å². The van der Waals surface area contributed by atoms with E-state index in [-0.39, 0.29) is 10.3 Å². The summed E-state index contributed by atoms with van der Waals surface area (Å²) in [5.74, 6) is 1.06. The fraction of sp³-hybridized carbons (Fsp3) is 0.588. The molecule has 118 valence electrons. The fourth-order valence-electron chi connectivity index (χ4n) is 2.31. The maximum absolute atomic E-state index is 6.13. The van der Waals surface area contributed by atoms with E-state index in [1.54, 1.807) is 0 Å². The van der Waals surface area contributed by atoms with Gasteiger partial charge in [0.15, 0.2) is 0 Å². The molecular weight excluding hydrogens is 291 g/mol. The van der Waals surface area contributed by atoms with Gasteiger partial charge in [-0.3, -0.25) is 4.99 Å². The number of benzene rings is 1. The molecule has 0 unspecified atom stereocenters. The van der Waals surface area contributed by atoms with E-state index in [2.05, 4.69) is 68.8 Å². The van der Waals surface area contributed by atoms with Gasteiger partial charge in [-0.2, -0.15) is 12.6 Å². The number of rotatable bonds is 5. The van der Waals surface area contributed by atoms with Gasteiger partial charge in [0, 0.05) is 16.4 Å². The number of hydrogen-bond donors (Lipinski definition) is 2. The maximum Gasteiger partial charge on any atom is 0.309 e. The number of nitrogens with zero attached hydrogens (tertiary/aromatic N) is 1. The number of amidine groups is 1. The van der Waals surface area contributed by atoms with Crippen LogP contribution in [0.3, 0.4) is 0 Å². The minimum Gasteiger partial charge on any atom is -0.428 e. The Morgan fingerprint density at radius 1 is 1.27 bits per heavy atom. The third-order valence-electron chi connectivity index (χ3n) is 4.83. The molecule has 0 aromatic heterocycles. The fourth-order valence-corrected chi connectivity index (χ4v) is 2.37. The van der Waals surface area contributed by atoms with Crippen LogP contribution in [0.15, 0.2) is 23.2 Å². The Labute approximate surface area is 139 Å². The molecule has 1 N–H and O–H groups in total. The summed E-state index contributed by atoms with van der Waals surface area (Å²) in [4.78, 5) is 4.63. The van der Waals surface area contributed by atoms with Crippen molar-refractivity contribution in [3.05, 3.63) is 29.3 Å². The highest BCUT2D eigenvalue weighted by molar-refractivity contribution is 7.81. The molecule has 1 aliphatic carbocycles. The number of aliphatic imine (C=N–C) groups is 1. The van der Waals surface area contributed by atoms with E-state index in [1.807, 2.05) is 0 Å². The maximum atomic E-state index is 6.13. The summed E-state index contributed by atoms with van der Waals surface area (Å²) in [5, 5.41) is 3.53. The summed E-state index contributed by atoms with van der Waals surface area (Å²) >= 11 is 4.65. The molecule has 5 heteroatoms. The number of fused-ring (bicyclic) bond motifs is 1. The van der Waals surface area contributed by atoms with Crippen LogP contribution < -0.4 is 10.8 Å². The van der Waals surface area contributed by atoms with Gasteiger partial charge in [0.2, 0.25) is 0 Å². The second-order valence-electron chi connectivity index (χ2n) is 7.43. The molecule has 0 bridgehead atoms. The second kappa shape index (κ2) is 5.61. The smallest absolute Gasteiger partial charge is 0.309 e. The Kier molecular flexibility index (Phi) is 4.06. The van der Waals surface area contributed by atoms with Crippen molar-refractivity contribution < 1.29 is 4.65 Å². The van der Waals surface area contributed by atoms with E-state index in [1.165, 1.54) is 29.4 Å². The molecule has 1 heterocycles. The highest BCUT2D eigenvalue weighted by atomic mass is 32.1. The minimum atomic E-state index is -0.293. The van der Waals surface area contributed by atoms with Crippen LogP contribution in [-0.2, 0) is 11.2 Å². The molecule has 1 aromatic carbocycles. The molecule has 3 nitrogen and oxygen atoms in total. The summed E-state index contributed by atoms with van der Waals surface area (Å²) < 4.78 is 5.94. The molecule has 0 radical (unpaired) electrons. The summed E-state index contributed by atoms with van der Waals surface area (Å²) in [7, 11) is 0.598. The molecule has 1 saturated carbocycles. The van der Waals surface area contributed by atoms with Gasteiger partial charge in [-0.25, -0.2) is 0 Å². The van der Waals surface area contributed by atoms with E-state index < -0.39 is 0 Å². The van der Waals surface area contributed by atoms with Crippen LogP contribution in [0.2, 0.25) is 0 Å². The van der Waals surface area contributed by atoms with Crippen molar-refractivity contribution >= 4 is 31.4 Å². The van der Waals surface area contributed by atoms with Crippen LogP contribution in [0.4, 0.5) is 0 Å². The van der Waals surface area contributed by atoms with Crippen molar-refractivity contribution in [3.8, 4) is 0 Å². The highest BCUT2D eigenvalue weighted by Crippen LogP contribution is 2.30. The average molecular weight is 316 g/mol. The van der Waals surface area contributed by atoms with E-state index in [0.29, 0.717) is 13.5 Å². The third kappa shape index (κ3) is 3.35. The molecular formula is C17H25BN2OS. The molecule has 1 fully saturated rings. The molecule has 0 amide bonds. The van der Waals surface area contributed by atoms with Crippen molar-refractivity contribution in [3.63, 3.8) is 0 Å². The molecule has 22 heavy (non-hydrogen) atoms. The van der Waals surface area contributed by atoms with Gasteiger partial charge in [-0.15, -0.1) is 0 Å². The van der Waals surface area contributed by atoms with Crippen molar-refractivity contribution in [2.45, 2.75) is 63.5 Å². The van der Waals surface area contributed by atoms with Gasteiger partial charge in [-0.05, 0) is 46.1 Å². The molecule has 2 aliphatic rings. The van der Waals surface area contributed by atoms with E-state index >= 15 is 0 Å². The summed E-state index contributed by atoms with van der Waals surface area (Å²) in [6, 6.07) is 7.18. The summed E-state index contributed by atoms with van der Waals surface area (Å²) in [5.41, 5.74) is 3.45. The van der Waals surface area contributed by atoms with Crippen molar-refractivity contribution in [2.75, 3.05) is 0 Å². The predicted molar refractivity (Wildman–Crippen MR) is 97.9 cm³/mol. The van der Waals surface area contributed by atoms with Crippen LogP contribution in [0.5, 0.6) is 0 Å². The molecule has 0 spiro atoms. The Morgan fingerprint density at radius 2 is 2.00 bits per heavy atom. The Balaban J connectivity index is 1.70. The predicted octanol–water partition coefficient (Wildman–Crippen LogP) is 2.18. The zero-order valence-electron chi connectivity index (χ0n) is 13.9. The van der Waals surface area contributed by atoms with Gasteiger partial charge < -0.3 is 9.97 Å². The lowest BCUT2D eigenvalue weighted by atomic mass is 9.82. The first kappa shape index (κ1) is 15.9. The van der Waals surface area contributed by atoms with Gasteiger partial charge in [0.1, 0.15) is 5.84 Å². The standard InChI is InChI=1S/C17H25BN2OS/c1-16(2,17(3,4)22)21-18-12-6-5-11-10-19-15(14(11)9-12)20-13-7-8-13/h5-6,9,13,18,22H,7-8,10H2,1-4H3,(H,19,20). The normalized spacial score (nSPS) is 18.0.